The fraction of sp³-hybridized carbons (Fsp3) is 0.250. The van der Waals surface area contributed by atoms with Crippen LogP contribution in [0, 0.1) is 13.8 Å². The third-order valence-corrected chi connectivity index (χ3v) is 6.76. The summed E-state index contributed by atoms with van der Waals surface area (Å²) in [6.07, 6.45) is 0. The Morgan fingerprint density at radius 1 is 1.26 bits per heavy atom. The summed E-state index contributed by atoms with van der Waals surface area (Å²) in [7, 11) is 1.83. The van der Waals surface area contributed by atoms with Gasteiger partial charge in [0.1, 0.15) is 0 Å². The molecule has 27 heavy (non-hydrogen) atoms. The maximum Gasteiger partial charge on any atom is 0.259 e. The molecule has 0 N–H and O–H groups in total. The molecule has 1 amide bonds. The Kier molecular flexibility index (Phi) is 4.57. The number of fused-ring (bicyclic) bond motifs is 1. The standard InChI is InChI=1S/C20H19N3O2S2/c1-11-7-8-17(27-11)15-10-14(18-12(2)22-25-19(18)21-15)20(24)23(4)13(3)16-6-5-9-26-16/h5-10,13H,1-4H3/t13-/m0/s1. The molecule has 0 aliphatic rings. The number of carbonyl (C=O) groups excluding carboxylic acids is 1. The van der Waals surface area contributed by atoms with Crippen LogP contribution in [0.25, 0.3) is 21.7 Å². The maximum atomic E-state index is 13.4. The summed E-state index contributed by atoms with van der Waals surface area (Å²) in [5, 5.41) is 6.74. The van der Waals surface area contributed by atoms with E-state index in [1.54, 1.807) is 27.6 Å². The third kappa shape index (κ3) is 3.17. The van der Waals surface area contributed by atoms with Crippen LogP contribution in [0.3, 0.4) is 0 Å². The first-order valence-corrected chi connectivity index (χ1v) is 10.3. The Labute approximate surface area is 165 Å². The lowest BCUT2D eigenvalue weighted by molar-refractivity contribution is 0.0747. The summed E-state index contributed by atoms with van der Waals surface area (Å²) < 4.78 is 5.40. The molecule has 4 aromatic rings. The van der Waals surface area contributed by atoms with Crippen LogP contribution < -0.4 is 0 Å². The van der Waals surface area contributed by atoms with Crippen LogP contribution in [0.1, 0.15) is 38.8 Å². The topological polar surface area (TPSA) is 59.2 Å². The molecule has 4 rings (SSSR count). The zero-order chi connectivity index (χ0) is 19.1. The van der Waals surface area contributed by atoms with Crippen molar-refractivity contribution < 1.29 is 9.32 Å². The molecule has 0 aliphatic carbocycles. The molecule has 0 fully saturated rings. The third-order valence-electron chi connectivity index (χ3n) is 4.70. The smallest absolute Gasteiger partial charge is 0.259 e. The van der Waals surface area contributed by atoms with E-state index in [9.17, 15) is 4.79 Å². The summed E-state index contributed by atoms with van der Waals surface area (Å²) in [6, 6.07) is 9.95. The molecule has 4 aromatic heterocycles. The lowest BCUT2D eigenvalue weighted by atomic mass is 10.1. The first-order valence-electron chi connectivity index (χ1n) is 8.60. The molecule has 0 aromatic carbocycles. The molecule has 0 saturated carbocycles. The van der Waals surface area contributed by atoms with Crippen LogP contribution in [-0.2, 0) is 0 Å². The van der Waals surface area contributed by atoms with Gasteiger partial charge in [0.15, 0.2) is 0 Å². The number of carbonyl (C=O) groups is 1. The van der Waals surface area contributed by atoms with Gasteiger partial charge in [-0.25, -0.2) is 4.98 Å². The van der Waals surface area contributed by atoms with Crippen molar-refractivity contribution >= 4 is 39.7 Å². The monoisotopic (exact) mass is 397 g/mol. The number of thiophene rings is 2. The van der Waals surface area contributed by atoms with Crippen molar-refractivity contribution in [3.63, 3.8) is 0 Å². The Balaban J connectivity index is 1.81. The van der Waals surface area contributed by atoms with Gasteiger partial charge in [0.05, 0.1) is 33.3 Å². The second kappa shape index (κ2) is 6.90. The van der Waals surface area contributed by atoms with Gasteiger partial charge in [0.25, 0.3) is 11.6 Å². The average Bonchev–Trinajstić information content (AvgIpc) is 3.41. The molecule has 0 unspecified atom stereocenters. The minimum atomic E-state index is -0.0656. The Hall–Kier alpha value is -2.51. The molecular weight excluding hydrogens is 378 g/mol. The first-order chi connectivity index (χ1) is 13.0. The minimum absolute atomic E-state index is 0.0201. The van der Waals surface area contributed by atoms with Gasteiger partial charge >= 0.3 is 0 Å². The predicted octanol–water partition coefficient (Wildman–Crippen LogP) is 5.46. The van der Waals surface area contributed by atoms with Gasteiger partial charge < -0.3 is 9.42 Å². The molecule has 4 heterocycles. The highest BCUT2D eigenvalue weighted by Gasteiger charge is 2.25. The number of hydrogen-bond acceptors (Lipinski definition) is 6. The molecule has 0 radical (unpaired) electrons. The van der Waals surface area contributed by atoms with E-state index in [0.29, 0.717) is 22.4 Å². The minimum Gasteiger partial charge on any atom is -0.335 e. The largest absolute Gasteiger partial charge is 0.335 e. The van der Waals surface area contributed by atoms with E-state index >= 15 is 0 Å². The van der Waals surface area contributed by atoms with Crippen molar-refractivity contribution in [2.75, 3.05) is 7.05 Å². The van der Waals surface area contributed by atoms with E-state index in [2.05, 4.69) is 10.1 Å². The summed E-state index contributed by atoms with van der Waals surface area (Å²) in [6.45, 7) is 5.92. The highest BCUT2D eigenvalue weighted by Crippen LogP contribution is 2.33. The van der Waals surface area contributed by atoms with Gasteiger partial charge in [-0.3, -0.25) is 4.79 Å². The van der Waals surface area contributed by atoms with Crippen molar-refractivity contribution in [1.82, 2.24) is 15.0 Å². The van der Waals surface area contributed by atoms with Gasteiger partial charge in [-0.2, -0.15) is 0 Å². The van der Waals surface area contributed by atoms with Crippen molar-refractivity contribution in [2.45, 2.75) is 26.8 Å². The number of aromatic nitrogens is 2. The van der Waals surface area contributed by atoms with Gasteiger partial charge in [-0.05, 0) is 50.4 Å². The van der Waals surface area contributed by atoms with Crippen LogP contribution in [0.15, 0.2) is 40.2 Å². The second-order valence-electron chi connectivity index (χ2n) is 6.52. The number of nitrogens with zero attached hydrogens (tertiary/aromatic N) is 3. The zero-order valence-corrected chi connectivity index (χ0v) is 17.1. The number of rotatable bonds is 4. The first kappa shape index (κ1) is 17.9. The van der Waals surface area contributed by atoms with E-state index < -0.39 is 0 Å². The van der Waals surface area contributed by atoms with Crippen molar-refractivity contribution in [2.24, 2.45) is 0 Å². The summed E-state index contributed by atoms with van der Waals surface area (Å²) in [5.74, 6) is -0.0656. The van der Waals surface area contributed by atoms with Crippen LogP contribution in [0.2, 0.25) is 0 Å². The molecule has 138 valence electrons. The zero-order valence-electron chi connectivity index (χ0n) is 15.5. The molecule has 0 aliphatic heterocycles. The number of amides is 1. The molecule has 0 spiro atoms. The molecular formula is C20H19N3O2S2. The lowest BCUT2D eigenvalue weighted by Gasteiger charge is -2.24. The van der Waals surface area contributed by atoms with Crippen molar-refractivity contribution in [1.29, 1.82) is 0 Å². The summed E-state index contributed by atoms with van der Waals surface area (Å²) >= 11 is 3.29. The van der Waals surface area contributed by atoms with Crippen LogP contribution in [0.5, 0.6) is 0 Å². The fourth-order valence-corrected chi connectivity index (χ4v) is 4.70. The Morgan fingerprint density at radius 2 is 2.07 bits per heavy atom. The predicted molar refractivity (Wildman–Crippen MR) is 109 cm³/mol. The maximum absolute atomic E-state index is 13.4. The van der Waals surface area contributed by atoms with Gasteiger partial charge in [0, 0.05) is 16.8 Å². The van der Waals surface area contributed by atoms with Crippen molar-refractivity contribution in [3.05, 3.63) is 56.7 Å². The van der Waals surface area contributed by atoms with E-state index in [1.807, 2.05) is 63.5 Å². The average molecular weight is 398 g/mol. The summed E-state index contributed by atoms with van der Waals surface area (Å²) in [5.41, 5.74) is 2.38. The van der Waals surface area contributed by atoms with Crippen LogP contribution >= 0.6 is 22.7 Å². The second-order valence-corrected chi connectivity index (χ2v) is 8.79. The van der Waals surface area contributed by atoms with Crippen LogP contribution in [-0.4, -0.2) is 28.0 Å². The van der Waals surface area contributed by atoms with Gasteiger partial charge in [0.2, 0.25) is 0 Å². The van der Waals surface area contributed by atoms with E-state index in [0.717, 1.165) is 15.4 Å². The quantitative estimate of drug-likeness (QED) is 0.459. The van der Waals surface area contributed by atoms with Crippen molar-refractivity contribution in [3.8, 4) is 10.6 Å². The van der Waals surface area contributed by atoms with Gasteiger partial charge in [-0.1, -0.05) is 11.2 Å². The Bertz CT molecular complexity index is 1110. The highest BCUT2D eigenvalue weighted by molar-refractivity contribution is 7.15. The molecule has 0 bridgehead atoms. The Morgan fingerprint density at radius 3 is 2.74 bits per heavy atom. The van der Waals surface area contributed by atoms with Gasteiger partial charge in [-0.15, -0.1) is 22.7 Å². The normalized spacial score (nSPS) is 12.4. The molecule has 5 nitrogen and oxygen atoms in total. The number of hydrogen-bond donors (Lipinski definition) is 0. The number of aryl methyl sites for hydroxylation is 2. The molecule has 7 heteroatoms. The number of pyridine rings is 1. The fourth-order valence-electron chi connectivity index (χ4n) is 3.05. The summed E-state index contributed by atoms with van der Waals surface area (Å²) in [4.78, 5) is 23.1. The molecule has 0 saturated heterocycles. The highest BCUT2D eigenvalue weighted by atomic mass is 32.1. The lowest BCUT2D eigenvalue weighted by Crippen LogP contribution is -2.29. The SMILES string of the molecule is Cc1ccc(-c2cc(C(=O)N(C)[C@@H](C)c3cccs3)c3c(C)noc3n2)s1. The molecule has 1 atom stereocenters. The van der Waals surface area contributed by atoms with Crippen LogP contribution in [0.4, 0.5) is 0 Å². The van der Waals surface area contributed by atoms with E-state index in [1.165, 1.54) is 4.88 Å². The van der Waals surface area contributed by atoms with E-state index in [4.69, 9.17) is 4.52 Å². The van der Waals surface area contributed by atoms with E-state index in [-0.39, 0.29) is 11.9 Å².